The molecule has 3 heterocycles. The highest BCUT2D eigenvalue weighted by Gasteiger charge is 2.74. The van der Waals surface area contributed by atoms with E-state index in [9.17, 15) is 19.5 Å². The number of carbonyl (C=O) groups is 3. The van der Waals surface area contributed by atoms with Crippen LogP contribution in [0.15, 0.2) is 30.3 Å². The third-order valence-electron chi connectivity index (χ3n) is 7.90. The number of likely N-dealkylation sites (tertiary alicyclic amines) is 1. The number of para-hydroxylation sites is 1. The Morgan fingerprint density at radius 2 is 1.85 bits per heavy atom. The summed E-state index contributed by atoms with van der Waals surface area (Å²) >= 11 is 0. The summed E-state index contributed by atoms with van der Waals surface area (Å²) in [5.41, 5.74) is -0.303. The Bertz CT molecular complexity index is 903. The maximum absolute atomic E-state index is 13.7. The molecule has 3 saturated heterocycles. The van der Waals surface area contributed by atoms with E-state index >= 15 is 0 Å². The Hall–Kier alpha value is -2.45. The molecule has 1 aliphatic carbocycles. The van der Waals surface area contributed by atoms with E-state index in [0.717, 1.165) is 25.7 Å². The van der Waals surface area contributed by atoms with Crippen molar-refractivity contribution in [1.29, 1.82) is 0 Å². The van der Waals surface area contributed by atoms with Gasteiger partial charge in [0.15, 0.2) is 0 Å². The van der Waals surface area contributed by atoms with Gasteiger partial charge in [0.1, 0.15) is 11.6 Å². The number of ether oxygens (including phenoxy) is 1. The highest BCUT2D eigenvalue weighted by Crippen LogP contribution is 2.58. The summed E-state index contributed by atoms with van der Waals surface area (Å²) in [5, 5.41) is 15.5. The first-order valence-corrected chi connectivity index (χ1v) is 12.3. The second-order valence-electron chi connectivity index (χ2n) is 9.86. The molecule has 5 atom stereocenters. The second kappa shape index (κ2) is 9.06. The lowest BCUT2D eigenvalue weighted by Gasteiger charge is -2.35. The van der Waals surface area contributed by atoms with Gasteiger partial charge in [0.2, 0.25) is 17.7 Å². The highest BCUT2D eigenvalue weighted by atomic mass is 16.5. The van der Waals surface area contributed by atoms with Gasteiger partial charge in [-0.25, -0.2) is 0 Å². The molecule has 3 aliphatic heterocycles. The quantitative estimate of drug-likeness (QED) is 0.581. The summed E-state index contributed by atoms with van der Waals surface area (Å²) in [6, 6.07) is 8.54. The van der Waals surface area contributed by atoms with Gasteiger partial charge < -0.3 is 25.4 Å². The van der Waals surface area contributed by atoms with Crippen LogP contribution in [-0.2, 0) is 19.1 Å². The Kier molecular flexibility index (Phi) is 6.14. The molecule has 2 bridgehead atoms. The summed E-state index contributed by atoms with van der Waals surface area (Å²) in [6.45, 7) is 0.206. The summed E-state index contributed by atoms with van der Waals surface area (Å²) in [6.07, 6.45) is 6.52. The largest absolute Gasteiger partial charge is 0.396 e. The first kappa shape index (κ1) is 22.3. The predicted octanol–water partition coefficient (Wildman–Crippen LogP) is 1.83. The van der Waals surface area contributed by atoms with E-state index in [0.29, 0.717) is 24.9 Å². The minimum absolute atomic E-state index is 0.0696. The maximum atomic E-state index is 13.7. The number of hydrogen-bond acceptors (Lipinski definition) is 5. The molecule has 1 aromatic carbocycles. The third-order valence-corrected chi connectivity index (χ3v) is 7.90. The van der Waals surface area contributed by atoms with Gasteiger partial charge >= 0.3 is 0 Å². The molecule has 178 valence electrons. The zero-order valence-electron chi connectivity index (χ0n) is 18.9. The van der Waals surface area contributed by atoms with Crippen molar-refractivity contribution in [1.82, 2.24) is 10.2 Å². The van der Waals surface area contributed by atoms with E-state index in [1.165, 1.54) is 6.42 Å². The van der Waals surface area contributed by atoms with Crippen molar-refractivity contribution in [3.8, 4) is 0 Å². The van der Waals surface area contributed by atoms with Crippen LogP contribution in [-0.4, -0.2) is 64.7 Å². The molecule has 8 heteroatoms. The van der Waals surface area contributed by atoms with Gasteiger partial charge in [0, 0.05) is 24.9 Å². The molecule has 0 aromatic heterocycles. The molecular weight excluding hydrogens is 422 g/mol. The lowest BCUT2D eigenvalue weighted by Crippen LogP contribution is -2.57. The molecule has 3 amide bonds. The minimum atomic E-state index is -0.978. The topological polar surface area (TPSA) is 108 Å². The van der Waals surface area contributed by atoms with Crippen molar-refractivity contribution in [2.24, 2.45) is 11.8 Å². The van der Waals surface area contributed by atoms with Gasteiger partial charge in [-0.3, -0.25) is 14.4 Å². The number of aliphatic hydroxyl groups is 1. The Morgan fingerprint density at radius 1 is 1.09 bits per heavy atom. The second-order valence-corrected chi connectivity index (χ2v) is 9.86. The Labute approximate surface area is 194 Å². The summed E-state index contributed by atoms with van der Waals surface area (Å²) < 4.78 is 6.41. The van der Waals surface area contributed by atoms with E-state index < -0.39 is 23.5 Å². The first-order valence-electron chi connectivity index (χ1n) is 12.3. The normalized spacial score (nSPS) is 33.2. The molecule has 1 saturated carbocycles. The van der Waals surface area contributed by atoms with Gasteiger partial charge in [0.05, 0.1) is 17.9 Å². The fraction of sp³-hybridized carbons (Fsp3) is 0.640. The fourth-order valence-electron chi connectivity index (χ4n) is 6.51. The van der Waals surface area contributed by atoms with Crippen LogP contribution < -0.4 is 10.6 Å². The summed E-state index contributed by atoms with van der Waals surface area (Å²) in [7, 11) is 0. The van der Waals surface area contributed by atoms with Crippen molar-refractivity contribution < 1.29 is 24.2 Å². The average molecular weight is 456 g/mol. The number of hydrogen-bond donors (Lipinski definition) is 3. The standard InChI is InChI=1S/C25H33N3O5/c29-15-7-14-28-21(23(31)27-17-10-5-2-6-11-17)25-13-12-18(33-25)19(20(25)24(28)32)22(30)26-16-8-3-1-4-9-16/h1,3-4,8-9,17-21,29H,2,5-7,10-15H2,(H,26,30)(H,27,31)/t18-,19+,20-,21?,25?/m0/s1. The van der Waals surface area contributed by atoms with Crippen molar-refractivity contribution >= 4 is 23.4 Å². The molecule has 0 radical (unpaired) electrons. The number of fused-ring (bicyclic) bond motifs is 1. The number of aliphatic hydroxyl groups excluding tert-OH is 1. The van der Waals surface area contributed by atoms with Gasteiger partial charge in [-0.05, 0) is 44.2 Å². The monoisotopic (exact) mass is 455 g/mol. The lowest BCUT2D eigenvalue weighted by molar-refractivity contribution is -0.142. The zero-order chi connectivity index (χ0) is 23.0. The number of rotatable bonds is 7. The predicted molar refractivity (Wildman–Crippen MR) is 121 cm³/mol. The van der Waals surface area contributed by atoms with Crippen LogP contribution in [0.5, 0.6) is 0 Å². The molecule has 3 N–H and O–H groups in total. The number of nitrogens with one attached hydrogen (secondary N) is 2. The molecule has 8 nitrogen and oxygen atoms in total. The fourth-order valence-corrected chi connectivity index (χ4v) is 6.51. The Morgan fingerprint density at radius 3 is 2.58 bits per heavy atom. The van der Waals surface area contributed by atoms with Crippen molar-refractivity contribution in [3.05, 3.63) is 30.3 Å². The van der Waals surface area contributed by atoms with Gasteiger partial charge in [0.25, 0.3) is 0 Å². The molecule has 4 aliphatic rings. The van der Waals surface area contributed by atoms with Crippen LogP contribution in [0.4, 0.5) is 5.69 Å². The zero-order valence-corrected chi connectivity index (χ0v) is 18.9. The van der Waals surface area contributed by atoms with Gasteiger partial charge in [-0.1, -0.05) is 37.5 Å². The van der Waals surface area contributed by atoms with Crippen molar-refractivity contribution in [2.45, 2.75) is 75.2 Å². The number of carbonyl (C=O) groups excluding carboxylic acids is 3. The van der Waals surface area contributed by atoms with Gasteiger partial charge in [-0.15, -0.1) is 0 Å². The number of benzene rings is 1. The van der Waals surface area contributed by atoms with Crippen LogP contribution in [0.3, 0.4) is 0 Å². The van der Waals surface area contributed by atoms with E-state index in [1.54, 1.807) is 4.90 Å². The Balaban J connectivity index is 1.42. The number of anilines is 1. The lowest BCUT2D eigenvalue weighted by atomic mass is 9.70. The van der Waals surface area contributed by atoms with Gasteiger partial charge in [-0.2, -0.15) is 0 Å². The summed E-state index contributed by atoms with van der Waals surface area (Å²) in [5.74, 6) is -1.93. The molecule has 4 fully saturated rings. The molecule has 2 unspecified atom stereocenters. The van der Waals surface area contributed by atoms with Crippen LogP contribution in [0.1, 0.15) is 51.4 Å². The van der Waals surface area contributed by atoms with E-state index in [4.69, 9.17) is 4.74 Å². The summed E-state index contributed by atoms with van der Waals surface area (Å²) in [4.78, 5) is 42.1. The van der Waals surface area contributed by atoms with Crippen molar-refractivity contribution in [2.75, 3.05) is 18.5 Å². The first-order chi connectivity index (χ1) is 16.0. The van der Waals surface area contributed by atoms with Crippen LogP contribution in [0, 0.1) is 11.8 Å². The molecule has 33 heavy (non-hydrogen) atoms. The maximum Gasteiger partial charge on any atom is 0.246 e. The van der Waals surface area contributed by atoms with Crippen LogP contribution >= 0.6 is 0 Å². The highest BCUT2D eigenvalue weighted by molar-refractivity contribution is 6.02. The number of amides is 3. The molecule has 1 aromatic rings. The number of nitrogens with zero attached hydrogens (tertiary/aromatic N) is 1. The molecular formula is C25H33N3O5. The van der Waals surface area contributed by atoms with E-state index in [-0.39, 0.29) is 43.0 Å². The SMILES string of the molecule is O=C(NC1CCCCC1)C1N(CCCO)C(=O)[C@@H]2[C@H](C(=O)Nc3ccccc3)[C@@H]3CCC12O3. The average Bonchev–Trinajstić information content (AvgIpc) is 3.46. The van der Waals surface area contributed by atoms with Crippen LogP contribution in [0.2, 0.25) is 0 Å². The molecule has 1 spiro atoms. The minimum Gasteiger partial charge on any atom is -0.396 e. The third kappa shape index (κ3) is 3.83. The van der Waals surface area contributed by atoms with E-state index in [2.05, 4.69) is 10.6 Å². The molecule has 5 rings (SSSR count). The smallest absolute Gasteiger partial charge is 0.246 e. The van der Waals surface area contributed by atoms with Crippen molar-refractivity contribution in [3.63, 3.8) is 0 Å². The van der Waals surface area contributed by atoms with Crippen LogP contribution in [0.25, 0.3) is 0 Å². The van der Waals surface area contributed by atoms with E-state index in [1.807, 2.05) is 30.3 Å².